The lowest BCUT2D eigenvalue weighted by atomic mass is 10.1. The van der Waals surface area contributed by atoms with Gasteiger partial charge in [-0.25, -0.2) is 0 Å². The molecule has 21 heavy (non-hydrogen) atoms. The van der Waals surface area contributed by atoms with Crippen molar-refractivity contribution in [2.45, 2.75) is 13.8 Å². The lowest BCUT2D eigenvalue weighted by molar-refractivity contribution is -0.111. The quantitative estimate of drug-likeness (QED) is 0.861. The first kappa shape index (κ1) is 14.9. The summed E-state index contributed by atoms with van der Waals surface area (Å²) in [6.07, 6.45) is 3.28. The van der Waals surface area contributed by atoms with Gasteiger partial charge in [-0.2, -0.15) is 0 Å². The third kappa shape index (κ3) is 3.96. The van der Waals surface area contributed by atoms with E-state index < -0.39 is 0 Å². The highest BCUT2D eigenvalue weighted by molar-refractivity contribution is 6.02. The van der Waals surface area contributed by atoms with E-state index in [-0.39, 0.29) is 5.91 Å². The lowest BCUT2D eigenvalue weighted by Crippen LogP contribution is -2.08. The van der Waals surface area contributed by atoms with Gasteiger partial charge in [0.1, 0.15) is 5.75 Å². The van der Waals surface area contributed by atoms with Crippen LogP contribution in [0.15, 0.2) is 48.5 Å². The smallest absolute Gasteiger partial charge is 0.248 e. The molecule has 0 aliphatic carbocycles. The second kappa shape index (κ2) is 6.75. The van der Waals surface area contributed by atoms with Crippen molar-refractivity contribution in [2.24, 2.45) is 0 Å². The van der Waals surface area contributed by atoms with E-state index in [0.29, 0.717) is 0 Å². The Morgan fingerprint density at radius 1 is 1.14 bits per heavy atom. The normalized spacial score (nSPS) is 10.6. The highest BCUT2D eigenvalue weighted by Crippen LogP contribution is 2.21. The molecule has 0 atom stereocenters. The van der Waals surface area contributed by atoms with Gasteiger partial charge in [0.2, 0.25) is 5.91 Å². The fraction of sp³-hybridized carbons (Fsp3) is 0.167. The van der Waals surface area contributed by atoms with Gasteiger partial charge in [0.25, 0.3) is 0 Å². The summed E-state index contributed by atoms with van der Waals surface area (Å²) in [4.78, 5) is 12.0. The molecular formula is C18H19NO2. The highest BCUT2D eigenvalue weighted by atomic mass is 16.5. The van der Waals surface area contributed by atoms with Crippen molar-refractivity contribution in [2.75, 3.05) is 12.4 Å². The Kier molecular flexibility index (Phi) is 4.77. The summed E-state index contributed by atoms with van der Waals surface area (Å²) in [6.45, 7) is 3.97. The van der Waals surface area contributed by atoms with Gasteiger partial charge in [0.05, 0.1) is 7.11 Å². The molecule has 108 valence electrons. The number of aryl methyl sites for hydroxylation is 2. The summed E-state index contributed by atoms with van der Waals surface area (Å²) in [5.41, 5.74) is 3.86. The molecule has 0 heterocycles. The summed E-state index contributed by atoms with van der Waals surface area (Å²) in [6, 6.07) is 13.5. The van der Waals surface area contributed by atoms with Crippen molar-refractivity contribution < 1.29 is 9.53 Å². The molecule has 0 aliphatic heterocycles. The maximum Gasteiger partial charge on any atom is 0.248 e. The number of nitrogens with one attached hydrogen (secondary N) is 1. The maximum absolute atomic E-state index is 12.0. The Morgan fingerprint density at radius 3 is 2.62 bits per heavy atom. The van der Waals surface area contributed by atoms with E-state index >= 15 is 0 Å². The van der Waals surface area contributed by atoms with E-state index in [4.69, 9.17) is 4.74 Å². The number of amides is 1. The summed E-state index contributed by atoms with van der Waals surface area (Å²) in [7, 11) is 1.62. The number of hydrogen-bond acceptors (Lipinski definition) is 2. The van der Waals surface area contributed by atoms with Gasteiger partial charge in [-0.05, 0) is 43.7 Å². The number of para-hydroxylation sites is 1. The summed E-state index contributed by atoms with van der Waals surface area (Å²) >= 11 is 0. The van der Waals surface area contributed by atoms with E-state index in [1.807, 2.05) is 56.3 Å². The highest BCUT2D eigenvalue weighted by Gasteiger charge is 2.03. The zero-order valence-corrected chi connectivity index (χ0v) is 12.5. The second-order valence-electron chi connectivity index (χ2n) is 4.88. The number of methoxy groups -OCH3 is 1. The third-order valence-electron chi connectivity index (χ3n) is 3.20. The molecule has 0 radical (unpaired) electrons. The van der Waals surface area contributed by atoms with Crippen LogP contribution < -0.4 is 10.1 Å². The number of rotatable bonds is 4. The first-order valence-corrected chi connectivity index (χ1v) is 6.79. The summed E-state index contributed by atoms with van der Waals surface area (Å²) < 4.78 is 5.29. The zero-order valence-electron chi connectivity index (χ0n) is 12.5. The minimum Gasteiger partial charge on any atom is -0.496 e. The average Bonchev–Trinajstić information content (AvgIpc) is 2.48. The lowest BCUT2D eigenvalue weighted by Gasteiger charge is -2.07. The molecule has 3 heteroatoms. The van der Waals surface area contributed by atoms with Crippen molar-refractivity contribution in [1.29, 1.82) is 0 Å². The zero-order chi connectivity index (χ0) is 15.2. The number of anilines is 1. The number of ether oxygens (including phenoxy) is 1. The molecule has 0 aromatic heterocycles. The molecule has 0 fully saturated rings. The molecule has 0 aliphatic rings. The molecule has 1 amide bonds. The van der Waals surface area contributed by atoms with Crippen LogP contribution in [0.3, 0.4) is 0 Å². The third-order valence-corrected chi connectivity index (χ3v) is 3.20. The molecule has 1 N–H and O–H groups in total. The minimum atomic E-state index is -0.159. The fourth-order valence-corrected chi connectivity index (χ4v) is 2.04. The molecule has 0 bridgehead atoms. The predicted octanol–water partition coefficient (Wildman–Crippen LogP) is 3.96. The van der Waals surface area contributed by atoms with Crippen LogP contribution >= 0.6 is 0 Å². The Labute approximate surface area is 125 Å². The van der Waals surface area contributed by atoms with Crippen LogP contribution in [0.5, 0.6) is 5.75 Å². The molecular weight excluding hydrogens is 262 g/mol. The van der Waals surface area contributed by atoms with Crippen molar-refractivity contribution >= 4 is 17.7 Å². The molecule has 0 saturated heterocycles. The SMILES string of the molecule is COc1ccc(C)cc1C=CC(=O)Nc1ccccc1C. The molecule has 2 rings (SSSR count). The van der Waals surface area contributed by atoms with E-state index in [1.165, 1.54) is 6.08 Å². The molecule has 2 aromatic rings. The number of carbonyl (C=O) groups excluding carboxylic acids is 1. The van der Waals surface area contributed by atoms with Gasteiger partial charge < -0.3 is 10.1 Å². The number of carbonyl (C=O) groups is 1. The maximum atomic E-state index is 12.0. The van der Waals surface area contributed by atoms with E-state index in [9.17, 15) is 4.79 Å². The van der Waals surface area contributed by atoms with Gasteiger partial charge in [0.15, 0.2) is 0 Å². The monoisotopic (exact) mass is 281 g/mol. The summed E-state index contributed by atoms with van der Waals surface area (Å²) in [5, 5.41) is 2.87. The molecule has 0 unspecified atom stereocenters. The van der Waals surface area contributed by atoms with Crippen molar-refractivity contribution in [1.82, 2.24) is 0 Å². The van der Waals surface area contributed by atoms with Crippen LogP contribution in [-0.4, -0.2) is 13.0 Å². The van der Waals surface area contributed by atoms with Gasteiger partial charge in [-0.15, -0.1) is 0 Å². The Morgan fingerprint density at radius 2 is 1.90 bits per heavy atom. The Hall–Kier alpha value is -2.55. The first-order chi connectivity index (χ1) is 10.1. The van der Waals surface area contributed by atoms with Crippen LogP contribution in [0.2, 0.25) is 0 Å². The van der Waals surface area contributed by atoms with E-state index in [1.54, 1.807) is 13.2 Å². The van der Waals surface area contributed by atoms with Gasteiger partial charge in [-0.3, -0.25) is 4.79 Å². The van der Waals surface area contributed by atoms with Crippen molar-refractivity contribution in [3.05, 3.63) is 65.2 Å². The first-order valence-electron chi connectivity index (χ1n) is 6.79. The van der Waals surface area contributed by atoms with Crippen LogP contribution in [0.25, 0.3) is 6.08 Å². The molecule has 2 aromatic carbocycles. The largest absolute Gasteiger partial charge is 0.496 e. The minimum absolute atomic E-state index is 0.159. The Balaban J connectivity index is 2.12. The molecule has 3 nitrogen and oxygen atoms in total. The van der Waals surface area contributed by atoms with Crippen LogP contribution in [0, 0.1) is 13.8 Å². The van der Waals surface area contributed by atoms with Crippen LogP contribution in [0.4, 0.5) is 5.69 Å². The molecule has 0 spiro atoms. The van der Waals surface area contributed by atoms with Crippen LogP contribution in [0.1, 0.15) is 16.7 Å². The predicted molar refractivity (Wildman–Crippen MR) is 86.6 cm³/mol. The van der Waals surface area contributed by atoms with Crippen LogP contribution in [-0.2, 0) is 4.79 Å². The number of hydrogen-bond donors (Lipinski definition) is 1. The summed E-state index contributed by atoms with van der Waals surface area (Å²) in [5.74, 6) is 0.591. The second-order valence-corrected chi connectivity index (χ2v) is 4.88. The topological polar surface area (TPSA) is 38.3 Å². The standard InChI is InChI=1S/C18H19NO2/c1-13-8-10-17(21-3)15(12-13)9-11-18(20)19-16-7-5-4-6-14(16)2/h4-12H,1-3H3,(H,19,20). The van der Waals surface area contributed by atoms with Crippen molar-refractivity contribution in [3.63, 3.8) is 0 Å². The van der Waals surface area contributed by atoms with Crippen molar-refractivity contribution in [3.8, 4) is 5.75 Å². The molecule has 0 saturated carbocycles. The van der Waals surface area contributed by atoms with Gasteiger partial charge in [0, 0.05) is 17.3 Å². The van der Waals surface area contributed by atoms with Gasteiger partial charge in [-0.1, -0.05) is 29.8 Å². The van der Waals surface area contributed by atoms with E-state index in [0.717, 1.165) is 28.1 Å². The fourth-order valence-electron chi connectivity index (χ4n) is 2.04. The number of benzene rings is 2. The Bertz CT molecular complexity index is 675. The van der Waals surface area contributed by atoms with Gasteiger partial charge >= 0.3 is 0 Å². The van der Waals surface area contributed by atoms with E-state index in [2.05, 4.69) is 5.32 Å². The average molecular weight is 281 g/mol.